The predicted molar refractivity (Wildman–Crippen MR) is 67.8 cm³/mol. The molecular formula is C14H19NO. The predicted octanol–water partition coefficient (Wildman–Crippen LogP) is 4.12. The van der Waals surface area contributed by atoms with E-state index in [1.807, 2.05) is 30.5 Å². The van der Waals surface area contributed by atoms with Gasteiger partial charge in [0.15, 0.2) is 0 Å². The zero-order chi connectivity index (χ0) is 11.2. The Morgan fingerprint density at radius 1 is 1.19 bits per heavy atom. The molecule has 0 aromatic heterocycles. The van der Waals surface area contributed by atoms with Gasteiger partial charge in [-0.15, -0.1) is 0 Å². The average molecular weight is 217 g/mol. The van der Waals surface area contributed by atoms with Crippen LogP contribution in [-0.2, 0) is 0 Å². The molecule has 1 aromatic carbocycles. The van der Waals surface area contributed by atoms with E-state index in [0.717, 1.165) is 17.9 Å². The van der Waals surface area contributed by atoms with Crippen LogP contribution in [0.3, 0.4) is 0 Å². The van der Waals surface area contributed by atoms with Gasteiger partial charge in [-0.3, -0.25) is 4.99 Å². The van der Waals surface area contributed by atoms with Crippen molar-refractivity contribution < 1.29 is 4.74 Å². The molecule has 0 bridgehead atoms. The molecule has 2 rings (SSSR count). The van der Waals surface area contributed by atoms with Gasteiger partial charge in [0.25, 0.3) is 0 Å². The fourth-order valence-corrected chi connectivity index (χ4v) is 1.93. The van der Waals surface area contributed by atoms with Gasteiger partial charge in [0.05, 0.1) is 0 Å². The lowest BCUT2D eigenvalue weighted by Crippen LogP contribution is -2.20. The minimum absolute atomic E-state index is 0.173. The van der Waals surface area contributed by atoms with Crippen LogP contribution in [0.15, 0.2) is 29.3 Å². The lowest BCUT2D eigenvalue weighted by Gasteiger charge is -2.20. The van der Waals surface area contributed by atoms with Gasteiger partial charge in [0, 0.05) is 6.21 Å². The van der Waals surface area contributed by atoms with Crippen LogP contribution in [0, 0.1) is 0 Å². The first-order chi connectivity index (χ1) is 7.90. The van der Waals surface area contributed by atoms with Crippen molar-refractivity contribution in [3.8, 4) is 5.75 Å². The number of unbranched alkanes of at least 4 members (excludes halogenated alkanes) is 3. The second-order valence-corrected chi connectivity index (χ2v) is 4.25. The molecule has 86 valence electrons. The number of hydrogen-bond donors (Lipinski definition) is 0. The molecule has 1 unspecified atom stereocenters. The summed E-state index contributed by atoms with van der Waals surface area (Å²) in [4.78, 5) is 4.42. The number of fused-ring (bicyclic) bond motifs is 1. The highest BCUT2D eigenvalue weighted by molar-refractivity contribution is 5.73. The van der Waals surface area contributed by atoms with E-state index in [-0.39, 0.29) is 6.10 Å². The zero-order valence-corrected chi connectivity index (χ0v) is 9.86. The summed E-state index contributed by atoms with van der Waals surface area (Å²) >= 11 is 0. The van der Waals surface area contributed by atoms with Crippen molar-refractivity contribution in [3.05, 3.63) is 24.3 Å². The van der Waals surface area contributed by atoms with Crippen molar-refractivity contribution in [2.24, 2.45) is 4.99 Å². The van der Waals surface area contributed by atoms with Crippen LogP contribution < -0.4 is 4.74 Å². The number of rotatable bonds is 5. The number of ether oxygens (including phenoxy) is 1. The van der Waals surface area contributed by atoms with Crippen LogP contribution in [0.2, 0.25) is 0 Å². The van der Waals surface area contributed by atoms with E-state index < -0.39 is 0 Å². The number of nitrogens with zero attached hydrogens (tertiary/aromatic N) is 1. The quantitative estimate of drug-likeness (QED) is 0.680. The summed E-state index contributed by atoms with van der Waals surface area (Å²) in [6.45, 7) is 2.23. The van der Waals surface area contributed by atoms with Crippen LogP contribution in [0.5, 0.6) is 5.75 Å². The Labute approximate surface area is 97.4 Å². The third kappa shape index (κ3) is 2.84. The summed E-state index contributed by atoms with van der Waals surface area (Å²) in [7, 11) is 0. The number of benzene rings is 1. The van der Waals surface area contributed by atoms with Gasteiger partial charge < -0.3 is 4.74 Å². The standard InChI is InChI=1S/C14H19NO/c1-2-3-4-5-8-12-11-15-13-9-6-7-10-14(13)16-12/h6-7,9-12H,2-5,8H2,1H3. The monoisotopic (exact) mass is 217 g/mol. The molecule has 0 spiro atoms. The highest BCUT2D eigenvalue weighted by Crippen LogP contribution is 2.31. The van der Waals surface area contributed by atoms with E-state index in [0.29, 0.717) is 0 Å². The van der Waals surface area contributed by atoms with Gasteiger partial charge in [0.2, 0.25) is 0 Å². The van der Waals surface area contributed by atoms with Crippen LogP contribution in [-0.4, -0.2) is 12.3 Å². The molecular weight excluding hydrogens is 198 g/mol. The molecule has 0 aliphatic carbocycles. The fourth-order valence-electron chi connectivity index (χ4n) is 1.93. The topological polar surface area (TPSA) is 21.6 Å². The second kappa shape index (κ2) is 5.69. The summed E-state index contributed by atoms with van der Waals surface area (Å²) < 4.78 is 5.86. The molecule has 1 aromatic rings. The second-order valence-electron chi connectivity index (χ2n) is 4.25. The lowest BCUT2D eigenvalue weighted by molar-refractivity contribution is 0.252. The molecule has 0 fully saturated rings. The first-order valence-electron chi connectivity index (χ1n) is 6.20. The maximum atomic E-state index is 5.86. The molecule has 16 heavy (non-hydrogen) atoms. The molecule has 2 nitrogen and oxygen atoms in total. The minimum Gasteiger partial charge on any atom is -0.483 e. The van der Waals surface area contributed by atoms with Crippen molar-refractivity contribution in [2.75, 3.05) is 0 Å². The summed E-state index contributed by atoms with van der Waals surface area (Å²) in [6, 6.07) is 7.96. The fraction of sp³-hybridized carbons (Fsp3) is 0.500. The minimum atomic E-state index is 0.173. The zero-order valence-electron chi connectivity index (χ0n) is 9.86. The number of aliphatic imine (C=N–C) groups is 1. The molecule has 1 aliphatic heterocycles. The van der Waals surface area contributed by atoms with Crippen LogP contribution in [0.4, 0.5) is 5.69 Å². The molecule has 2 heteroatoms. The Hall–Kier alpha value is -1.31. The molecule has 0 radical (unpaired) electrons. The Morgan fingerprint density at radius 3 is 2.94 bits per heavy atom. The highest BCUT2D eigenvalue weighted by Gasteiger charge is 2.14. The van der Waals surface area contributed by atoms with E-state index in [4.69, 9.17) is 4.74 Å². The Balaban J connectivity index is 1.84. The lowest BCUT2D eigenvalue weighted by atomic mass is 10.1. The maximum Gasteiger partial charge on any atom is 0.145 e. The maximum absolute atomic E-state index is 5.86. The summed E-state index contributed by atoms with van der Waals surface area (Å²) in [6.07, 6.45) is 8.32. The SMILES string of the molecule is CCCCCCC1C=Nc2ccccc2O1. The van der Waals surface area contributed by atoms with E-state index in [9.17, 15) is 0 Å². The average Bonchev–Trinajstić information content (AvgIpc) is 2.34. The number of para-hydroxylation sites is 2. The molecule has 0 saturated carbocycles. The first-order valence-corrected chi connectivity index (χ1v) is 6.20. The van der Waals surface area contributed by atoms with Gasteiger partial charge in [-0.2, -0.15) is 0 Å². The van der Waals surface area contributed by atoms with Gasteiger partial charge in [0.1, 0.15) is 17.5 Å². The third-order valence-electron chi connectivity index (χ3n) is 2.87. The van der Waals surface area contributed by atoms with Gasteiger partial charge in [-0.1, -0.05) is 38.3 Å². The van der Waals surface area contributed by atoms with Crippen molar-refractivity contribution in [2.45, 2.75) is 45.1 Å². The smallest absolute Gasteiger partial charge is 0.145 e. The van der Waals surface area contributed by atoms with E-state index in [1.165, 1.54) is 25.7 Å². The molecule has 1 aliphatic rings. The van der Waals surface area contributed by atoms with Crippen LogP contribution >= 0.6 is 0 Å². The summed E-state index contributed by atoms with van der Waals surface area (Å²) in [5.74, 6) is 0.922. The highest BCUT2D eigenvalue weighted by atomic mass is 16.5. The van der Waals surface area contributed by atoms with Crippen molar-refractivity contribution in [1.29, 1.82) is 0 Å². The Morgan fingerprint density at radius 2 is 2.06 bits per heavy atom. The first kappa shape index (κ1) is 11.2. The normalized spacial score (nSPS) is 17.9. The van der Waals surface area contributed by atoms with E-state index >= 15 is 0 Å². The third-order valence-corrected chi connectivity index (χ3v) is 2.87. The van der Waals surface area contributed by atoms with Gasteiger partial charge >= 0.3 is 0 Å². The largest absolute Gasteiger partial charge is 0.483 e. The van der Waals surface area contributed by atoms with Crippen LogP contribution in [0.25, 0.3) is 0 Å². The van der Waals surface area contributed by atoms with Crippen molar-refractivity contribution in [3.63, 3.8) is 0 Å². The molecule has 0 amide bonds. The molecule has 1 atom stereocenters. The van der Waals surface area contributed by atoms with Gasteiger partial charge in [-0.05, 0) is 25.0 Å². The van der Waals surface area contributed by atoms with Crippen molar-refractivity contribution >= 4 is 11.9 Å². The number of hydrogen-bond acceptors (Lipinski definition) is 2. The molecule has 0 saturated heterocycles. The summed E-state index contributed by atoms with van der Waals surface area (Å²) in [5, 5.41) is 0. The summed E-state index contributed by atoms with van der Waals surface area (Å²) in [5.41, 5.74) is 0.951. The Bertz CT molecular complexity index is 360. The van der Waals surface area contributed by atoms with Crippen LogP contribution in [0.1, 0.15) is 39.0 Å². The van der Waals surface area contributed by atoms with E-state index in [1.54, 1.807) is 0 Å². The van der Waals surface area contributed by atoms with Gasteiger partial charge in [-0.25, -0.2) is 0 Å². The van der Waals surface area contributed by atoms with E-state index in [2.05, 4.69) is 11.9 Å². The molecule has 0 N–H and O–H groups in total. The Kier molecular flexibility index (Phi) is 3.97. The van der Waals surface area contributed by atoms with Crippen molar-refractivity contribution in [1.82, 2.24) is 0 Å². The molecule has 1 heterocycles.